The topological polar surface area (TPSA) is 111 Å². The molecule has 0 saturated carbocycles. The minimum absolute atomic E-state index is 0.00464. The molecule has 0 fully saturated rings. The zero-order chi connectivity index (χ0) is 29.6. The summed E-state index contributed by atoms with van der Waals surface area (Å²) >= 11 is 0. The highest BCUT2D eigenvalue weighted by Gasteiger charge is 2.30. The third-order valence-corrected chi connectivity index (χ3v) is 7.33. The Labute approximate surface area is 244 Å². The molecule has 0 aliphatic carbocycles. The number of rotatable bonds is 17. The van der Waals surface area contributed by atoms with Crippen molar-refractivity contribution >= 4 is 23.8 Å². The van der Waals surface area contributed by atoms with Crippen LogP contribution in [-0.4, -0.2) is 79.6 Å². The van der Waals surface area contributed by atoms with Gasteiger partial charge in [-0.1, -0.05) is 69.3 Å². The number of amides is 2. The molecule has 2 aromatic carbocycles. The molecule has 41 heavy (non-hydrogen) atoms. The molecule has 9 nitrogen and oxygen atoms in total. The summed E-state index contributed by atoms with van der Waals surface area (Å²) in [7, 11) is 0. The summed E-state index contributed by atoms with van der Waals surface area (Å²) in [4.78, 5) is 42.3. The highest BCUT2D eigenvalue weighted by molar-refractivity contribution is 5.91. The number of ketones is 1. The average molecular weight is 567 g/mol. The maximum Gasteiger partial charge on any atom is 0.249 e. The molecule has 1 heterocycles. The van der Waals surface area contributed by atoms with E-state index in [4.69, 9.17) is 4.74 Å². The van der Waals surface area contributed by atoms with Gasteiger partial charge in [-0.2, -0.15) is 0 Å². The fourth-order valence-electron chi connectivity index (χ4n) is 5.20. The van der Waals surface area contributed by atoms with Gasteiger partial charge in [0.1, 0.15) is 6.10 Å². The van der Waals surface area contributed by atoms with Gasteiger partial charge in [0, 0.05) is 38.4 Å². The number of para-hydroxylation sites is 1. The maximum absolute atomic E-state index is 13.7. The molecule has 3 atom stereocenters. The lowest BCUT2D eigenvalue weighted by Gasteiger charge is -2.27. The van der Waals surface area contributed by atoms with Crippen LogP contribution in [-0.2, 0) is 32.3 Å². The van der Waals surface area contributed by atoms with Gasteiger partial charge in [0.25, 0.3) is 0 Å². The monoisotopic (exact) mass is 566 g/mol. The van der Waals surface area contributed by atoms with Crippen LogP contribution in [0.15, 0.2) is 54.6 Å². The number of nitrogens with zero attached hydrogens (tertiary/aromatic N) is 2. The number of carbonyl (C=O) groups excluding carboxylic acids is 3. The van der Waals surface area contributed by atoms with Gasteiger partial charge in [-0.25, -0.2) is 0 Å². The Kier molecular flexibility index (Phi) is 13.3. The van der Waals surface area contributed by atoms with Crippen LogP contribution in [0.1, 0.15) is 44.7 Å². The van der Waals surface area contributed by atoms with Crippen LogP contribution in [0.4, 0.5) is 5.69 Å². The van der Waals surface area contributed by atoms with Gasteiger partial charge in [-0.3, -0.25) is 19.3 Å². The van der Waals surface area contributed by atoms with Crippen molar-refractivity contribution in [3.8, 4) is 0 Å². The predicted octanol–water partition coefficient (Wildman–Crippen LogP) is 2.76. The van der Waals surface area contributed by atoms with Crippen molar-refractivity contribution in [2.24, 2.45) is 11.8 Å². The van der Waals surface area contributed by atoms with E-state index in [0.717, 1.165) is 16.8 Å². The molecule has 9 heteroatoms. The lowest BCUT2D eigenvalue weighted by atomic mass is 9.98. The van der Waals surface area contributed by atoms with Crippen molar-refractivity contribution in [2.45, 2.75) is 58.9 Å². The number of fused-ring (bicyclic) bond motifs is 1. The first kappa shape index (κ1) is 32.2. The van der Waals surface area contributed by atoms with Crippen molar-refractivity contribution in [3.05, 3.63) is 65.7 Å². The Bertz CT molecular complexity index is 1100. The second-order valence-electron chi connectivity index (χ2n) is 11.4. The molecule has 0 spiro atoms. The maximum atomic E-state index is 13.7. The first-order valence-electron chi connectivity index (χ1n) is 14.6. The molecular weight excluding hydrogens is 520 g/mol. The van der Waals surface area contributed by atoms with E-state index in [1.54, 1.807) is 0 Å². The third-order valence-electron chi connectivity index (χ3n) is 7.33. The van der Waals surface area contributed by atoms with Crippen LogP contribution in [0.5, 0.6) is 0 Å². The number of ether oxygens (including phenoxy) is 1. The summed E-state index contributed by atoms with van der Waals surface area (Å²) in [6.45, 7) is 9.55. The van der Waals surface area contributed by atoms with E-state index in [2.05, 4.69) is 32.6 Å². The van der Waals surface area contributed by atoms with Gasteiger partial charge >= 0.3 is 0 Å². The molecular formula is C32H46N4O5. The molecule has 0 saturated heterocycles. The van der Waals surface area contributed by atoms with E-state index < -0.39 is 12.1 Å². The number of aliphatic hydroxyl groups excluding tert-OH is 1. The number of hydrogen-bond donors (Lipinski definition) is 3. The number of Topliss-reactive ketones (excluding diaryl/α,β-unsaturated/α-hetero) is 1. The largest absolute Gasteiger partial charge is 0.395 e. The minimum atomic E-state index is -0.766. The summed E-state index contributed by atoms with van der Waals surface area (Å²) in [5.74, 6) is -0.135. The normalized spacial score (nSPS) is 15.9. The fourth-order valence-corrected chi connectivity index (χ4v) is 5.20. The Hall–Kier alpha value is -3.27. The van der Waals surface area contributed by atoms with E-state index in [9.17, 15) is 19.5 Å². The molecule has 1 aliphatic rings. The number of hydrogen-bond acceptors (Lipinski definition) is 7. The van der Waals surface area contributed by atoms with Gasteiger partial charge in [-0.15, -0.1) is 0 Å². The van der Waals surface area contributed by atoms with Crippen molar-refractivity contribution < 1.29 is 24.2 Å². The Morgan fingerprint density at radius 1 is 1.02 bits per heavy atom. The van der Waals surface area contributed by atoms with Gasteiger partial charge in [0.2, 0.25) is 12.3 Å². The van der Waals surface area contributed by atoms with Crippen molar-refractivity contribution in [1.82, 2.24) is 15.5 Å². The van der Waals surface area contributed by atoms with E-state index in [-0.39, 0.29) is 43.3 Å². The molecule has 2 unspecified atom stereocenters. The van der Waals surface area contributed by atoms with Crippen LogP contribution in [0.3, 0.4) is 0 Å². The number of carbonyl (C=O) groups is 3. The summed E-state index contributed by atoms with van der Waals surface area (Å²) in [6.07, 6.45) is 0.821. The molecule has 1 aliphatic heterocycles. The smallest absolute Gasteiger partial charge is 0.249 e. The van der Waals surface area contributed by atoms with Crippen molar-refractivity contribution in [1.29, 1.82) is 0 Å². The average Bonchev–Trinajstić information content (AvgIpc) is 3.13. The number of aliphatic hydroxyl groups is 1. The van der Waals surface area contributed by atoms with Crippen LogP contribution in [0, 0.1) is 11.8 Å². The van der Waals surface area contributed by atoms with Gasteiger partial charge in [0.05, 0.1) is 25.8 Å². The SMILES string of the molecule is CC(C)CC(NC(=O)[C@H](CC(C)CNC=O)OCc1ccccc1)C(=O)CN1CCN(CCO)c2ccccc2C1. The Balaban J connectivity index is 1.70. The summed E-state index contributed by atoms with van der Waals surface area (Å²) < 4.78 is 6.09. The van der Waals surface area contributed by atoms with Gasteiger partial charge in [-0.05, 0) is 41.9 Å². The summed E-state index contributed by atoms with van der Waals surface area (Å²) in [6, 6.07) is 17.1. The molecule has 2 aromatic rings. The van der Waals surface area contributed by atoms with Crippen LogP contribution >= 0.6 is 0 Å². The standard InChI is InChI=1S/C32H46N4O5/c1-24(2)17-28(30(39)21-35-13-14-36(15-16-37)29-12-8-7-11-27(29)20-35)34-32(40)31(18-25(3)19-33-23-38)41-22-26-9-5-4-6-10-26/h4-12,23-25,28,31,37H,13-22H2,1-3H3,(H,33,38)(H,34,40)/t25?,28?,31-/m0/s1. The first-order chi connectivity index (χ1) is 19.8. The third kappa shape index (κ3) is 10.6. The quantitative estimate of drug-likeness (QED) is 0.253. The van der Waals surface area contributed by atoms with Crippen molar-refractivity contribution in [3.63, 3.8) is 0 Å². The molecule has 3 N–H and O–H groups in total. The predicted molar refractivity (Wildman–Crippen MR) is 160 cm³/mol. The number of benzene rings is 2. The fraction of sp³-hybridized carbons (Fsp3) is 0.531. The highest BCUT2D eigenvalue weighted by atomic mass is 16.5. The highest BCUT2D eigenvalue weighted by Crippen LogP contribution is 2.25. The zero-order valence-corrected chi connectivity index (χ0v) is 24.6. The molecule has 224 valence electrons. The second kappa shape index (κ2) is 16.9. The number of anilines is 1. The van der Waals surface area contributed by atoms with Crippen LogP contribution in [0.25, 0.3) is 0 Å². The van der Waals surface area contributed by atoms with E-state index in [0.29, 0.717) is 52.0 Å². The zero-order valence-electron chi connectivity index (χ0n) is 24.6. The van der Waals surface area contributed by atoms with E-state index in [1.165, 1.54) is 0 Å². The van der Waals surface area contributed by atoms with Crippen molar-refractivity contribution in [2.75, 3.05) is 44.2 Å². The minimum Gasteiger partial charge on any atom is -0.395 e. The molecule has 2 amide bonds. The molecule has 0 aromatic heterocycles. The lowest BCUT2D eigenvalue weighted by Crippen LogP contribution is -2.50. The van der Waals surface area contributed by atoms with Crippen LogP contribution < -0.4 is 15.5 Å². The number of nitrogens with one attached hydrogen (secondary N) is 2. The van der Waals surface area contributed by atoms with Crippen LogP contribution in [0.2, 0.25) is 0 Å². The second-order valence-corrected chi connectivity index (χ2v) is 11.4. The van der Waals surface area contributed by atoms with E-state index >= 15 is 0 Å². The summed E-state index contributed by atoms with van der Waals surface area (Å²) in [5, 5.41) is 15.3. The molecule has 0 bridgehead atoms. The first-order valence-corrected chi connectivity index (χ1v) is 14.6. The Morgan fingerprint density at radius 3 is 2.46 bits per heavy atom. The van der Waals surface area contributed by atoms with Gasteiger partial charge in [0.15, 0.2) is 5.78 Å². The Morgan fingerprint density at radius 2 is 1.76 bits per heavy atom. The lowest BCUT2D eigenvalue weighted by molar-refractivity contribution is -0.138. The molecule has 0 radical (unpaired) electrons. The summed E-state index contributed by atoms with van der Waals surface area (Å²) in [5.41, 5.74) is 3.15. The molecule has 3 rings (SSSR count). The van der Waals surface area contributed by atoms with Gasteiger partial charge < -0.3 is 25.4 Å². The number of β-amino-alcohol motifs (C(OH)–C–C–N with tert-alkyl or cyclic N) is 1. The van der Waals surface area contributed by atoms with E-state index in [1.807, 2.05) is 63.2 Å².